The molecule has 3 unspecified atom stereocenters. The van der Waals surface area contributed by atoms with Gasteiger partial charge in [-0.25, -0.2) is 4.90 Å². The van der Waals surface area contributed by atoms with E-state index in [4.69, 9.17) is 14.2 Å². The van der Waals surface area contributed by atoms with Crippen molar-refractivity contribution in [2.75, 3.05) is 44.4 Å². The van der Waals surface area contributed by atoms with Gasteiger partial charge in [-0.3, -0.25) is 19.2 Å². The third-order valence-corrected chi connectivity index (χ3v) is 9.86. The number of aryl methyl sites for hydroxylation is 1. The fourth-order valence-electron chi connectivity index (χ4n) is 5.47. The first kappa shape index (κ1) is 27.6. The molecule has 0 bridgehead atoms. The Morgan fingerprint density at radius 3 is 2.51 bits per heavy atom. The number of nitrogens with zero attached hydrogens (tertiary/aromatic N) is 2. The lowest BCUT2D eigenvalue weighted by Crippen LogP contribution is -2.43. The quantitative estimate of drug-likeness (QED) is 0.414. The lowest BCUT2D eigenvalue weighted by Gasteiger charge is -2.30. The highest BCUT2D eigenvalue weighted by atomic mass is 32.2. The number of hydrogen-bond acceptors (Lipinski definition) is 9. The molecule has 2 saturated heterocycles. The Labute approximate surface area is 244 Å². The number of benzene rings is 2. The standard InChI is InChI=1S/C29H29N3O7S2/c1-3-38-20-14-17(6-9-19(20)39-15-21(33)31-10-12-37-13-11-31)22-23-25(40-26-24(22)41-29(36)30-26)28(35)32(27(23)34)18-7-4-16(2)5-8-18/h4-9,14,22-23,25H,3,10-13,15H2,1-2H3,(H,30,36). The summed E-state index contributed by atoms with van der Waals surface area (Å²) in [6.45, 7) is 6.05. The molecule has 3 amide bonds. The zero-order valence-electron chi connectivity index (χ0n) is 22.6. The van der Waals surface area contributed by atoms with Crippen LogP contribution in [0.25, 0.3) is 0 Å². The number of hydrogen-bond donors (Lipinski definition) is 1. The van der Waals surface area contributed by atoms with Crippen molar-refractivity contribution >= 4 is 46.5 Å². The number of nitrogens with one attached hydrogen (secondary N) is 1. The van der Waals surface area contributed by atoms with Crippen LogP contribution in [0.5, 0.6) is 11.5 Å². The predicted molar refractivity (Wildman–Crippen MR) is 154 cm³/mol. The van der Waals surface area contributed by atoms with E-state index in [1.165, 1.54) is 16.7 Å². The van der Waals surface area contributed by atoms with E-state index in [1.807, 2.05) is 32.0 Å². The highest BCUT2D eigenvalue weighted by molar-refractivity contribution is 8.00. The molecule has 2 fully saturated rings. The third-order valence-electron chi connectivity index (χ3n) is 7.46. The summed E-state index contributed by atoms with van der Waals surface area (Å²) in [6, 6.07) is 12.6. The van der Waals surface area contributed by atoms with Crippen LogP contribution in [0, 0.1) is 12.8 Å². The Balaban J connectivity index is 1.34. The summed E-state index contributed by atoms with van der Waals surface area (Å²) in [6.07, 6.45) is 0. The summed E-state index contributed by atoms with van der Waals surface area (Å²) in [5, 5.41) is -0.0864. The number of rotatable bonds is 7. The lowest BCUT2D eigenvalue weighted by atomic mass is 9.83. The van der Waals surface area contributed by atoms with Gasteiger partial charge in [-0.2, -0.15) is 0 Å². The first-order valence-electron chi connectivity index (χ1n) is 13.4. The van der Waals surface area contributed by atoms with Crippen LogP contribution in [-0.2, 0) is 19.1 Å². The number of H-pyrrole nitrogens is 1. The van der Waals surface area contributed by atoms with Gasteiger partial charge in [0, 0.05) is 23.9 Å². The van der Waals surface area contributed by atoms with Crippen LogP contribution in [0.1, 0.15) is 28.8 Å². The van der Waals surface area contributed by atoms with Crippen LogP contribution in [0.4, 0.5) is 5.69 Å². The average Bonchev–Trinajstić information content (AvgIpc) is 3.47. The van der Waals surface area contributed by atoms with Crippen molar-refractivity contribution < 1.29 is 28.6 Å². The minimum absolute atomic E-state index is 0.139. The minimum Gasteiger partial charge on any atom is -0.490 e. The highest BCUT2D eigenvalue weighted by Crippen LogP contribution is 2.53. The molecule has 12 heteroatoms. The second kappa shape index (κ2) is 11.3. The number of aromatic nitrogens is 1. The van der Waals surface area contributed by atoms with Crippen LogP contribution < -0.4 is 19.2 Å². The van der Waals surface area contributed by atoms with Crippen LogP contribution in [0.15, 0.2) is 52.3 Å². The monoisotopic (exact) mass is 595 g/mol. The number of aromatic amines is 1. The zero-order valence-corrected chi connectivity index (χ0v) is 24.2. The number of anilines is 1. The predicted octanol–water partition coefficient (Wildman–Crippen LogP) is 3.18. The van der Waals surface area contributed by atoms with Gasteiger partial charge >= 0.3 is 4.87 Å². The summed E-state index contributed by atoms with van der Waals surface area (Å²) in [4.78, 5) is 58.9. The number of ether oxygens (including phenoxy) is 3. The molecule has 0 saturated carbocycles. The SMILES string of the molecule is CCOc1cc(C2c3sc(=O)[nH]c3SC3C(=O)N(c4ccc(C)cc4)C(=O)C32)ccc1OCC(=O)N1CCOCC1. The van der Waals surface area contributed by atoms with Gasteiger partial charge in [-0.15, -0.1) is 0 Å². The number of morpholine rings is 1. The Morgan fingerprint density at radius 2 is 1.78 bits per heavy atom. The van der Waals surface area contributed by atoms with Gasteiger partial charge in [0.15, 0.2) is 18.1 Å². The first-order valence-corrected chi connectivity index (χ1v) is 15.1. The molecule has 3 atom stereocenters. The average molecular weight is 596 g/mol. The Kier molecular flexibility index (Phi) is 7.62. The highest BCUT2D eigenvalue weighted by Gasteiger charge is 2.56. The van der Waals surface area contributed by atoms with Crippen molar-refractivity contribution in [2.45, 2.75) is 30.0 Å². The van der Waals surface area contributed by atoms with Crippen LogP contribution >= 0.6 is 23.1 Å². The van der Waals surface area contributed by atoms with Gasteiger partial charge in [-0.05, 0) is 43.7 Å². The Bertz CT molecular complexity index is 1540. The lowest BCUT2D eigenvalue weighted by molar-refractivity contribution is -0.137. The maximum Gasteiger partial charge on any atom is 0.305 e. The molecule has 10 nitrogen and oxygen atoms in total. The molecule has 3 aliphatic rings. The van der Waals surface area contributed by atoms with E-state index in [0.29, 0.717) is 60.0 Å². The molecule has 6 rings (SSSR count). The van der Waals surface area contributed by atoms with E-state index in [9.17, 15) is 19.2 Å². The fourth-order valence-corrected chi connectivity index (χ4v) is 7.99. The summed E-state index contributed by atoms with van der Waals surface area (Å²) < 4.78 is 17.1. The number of imide groups is 1. The molecule has 214 valence electrons. The molecule has 0 radical (unpaired) electrons. The summed E-state index contributed by atoms with van der Waals surface area (Å²) in [7, 11) is 0. The van der Waals surface area contributed by atoms with Gasteiger partial charge in [0.1, 0.15) is 5.25 Å². The van der Waals surface area contributed by atoms with E-state index in [-0.39, 0.29) is 29.2 Å². The fraction of sp³-hybridized carbons (Fsp3) is 0.379. The normalized spacial score (nSPS) is 22.0. The zero-order chi connectivity index (χ0) is 28.7. The second-order valence-electron chi connectivity index (χ2n) is 10.0. The maximum atomic E-state index is 13.9. The van der Waals surface area contributed by atoms with Gasteiger partial charge in [-0.1, -0.05) is 46.9 Å². The molecule has 3 aliphatic heterocycles. The van der Waals surface area contributed by atoms with Crippen molar-refractivity contribution in [3.05, 3.63) is 68.1 Å². The molecule has 0 spiro atoms. The van der Waals surface area contributed by atoms with Crippen LogP contribution in [-0.4, -0.2) is 72.4 Å². The maximum absolute atomic E-state index is 13.9. The number of thioether (sulfide) groups is 1. The van der Waals surface area contributed by atoms with Gasteiger partial charge in [0.05, 0.1) is 36.5 Å². The van der Waals surface area contributed by atoms with E-state index in [1.54, 1.807) is 29.2 Å². The number of carbonyl (C=O) groups is 3. The van der Waals surface area contributed by atoms with E-state index >= 15 is 0 Å². The number of amides is 3. The van der Waals surface area contributed by atoms with Gasteiger partial charge in [0.25, 0.3) is 5.91 Å². The third kappa shape index (κ3) is 5.15. The topological polar surface area (TPSA) is 118 Å². The van der Waals surface area contributed by atoms with Crippen LogP contribution in [0.2, 0.25) is 0 Å². The molecular weight excluding hydrogens is 566 g/mol. The Hall–Kier alpha value is -3.61. The minimum atomic E-state index is -0.711. The molecule has 4 heterocycles. The number of fused-ring (bicyclic) bond motifs is 2. The number of carbonyl (C=O) groups excluding carboxylic acids is 3. The molecule has 3 aromatic rings. The summed E-state index contributed by atoms with van der Waals surface area (Å²) >= 11 is 2.29. The van der Waals surface area contributed by atoms with Crippen molar-refractivity contribution in [1.82, 2.24) is 9.88 Å². The molecule has 1 N–H and O–H groups in total. The van der Waals surface area contributed by atoms with Crippen LogP contribution in [0.3, 0.4) is 0 Å². The van der Waals surface area contributed by atoms with Crippen molar-refractivity contribution in [1.29, 1.82) is 0 Å². The van der Waals surface area contributed by atoms with Crippen molar-refractivity contribution in [3.8, 4) is 11.5 Å². The van der Waals surface area contributed by atoms with E-state index < -0.39 is 17.1 Å². The molecular formula is C29H29N3O7S2. The number of thiazole rings is 1. The Morgan fingerprint density at radius 1 is 1.02 bits per heavy atom. The van der Waals surface area contributed by atoms with Gasteiger partial charge in [0.2, 0.25) is 11.8 Å². The van der Waals surface area contributed by atoms with Gasteiger partial charge < -0.3 is 24.1 Å². The van der Waals surface area contributed by atoms with E-state index in [2.05, 4.69) is 4.98 Å². The van der Waals surface area contributed by atoms with Crippen molar-refractivity contribution in [2.24, 2.45) is 5.92 Å². The smallest absolute Gasteiger partial charge is 0.305 e. The first-order chi connectivity index (χ1) is 19.9. The molecule has 1 aromatic heterocycles. The summed E-state index contributed by atoms with van der Waals surface area (Å²) in [5.41, 5.74) is 2.27. The second-order valence-corrected chi connectivity index (χ2v) is 12.2. The van der Waals surface area contributed by atoms with E-state index in [0.717, 1.165) is 22.5 Å². The summed E-state index contributed by atoms with van der Waals surface area (Å²) in [5.74, 6) is -1.18. The van der Waals surface area contributed by atoms with Crippen molar-refractivity contribution in [3.63, 3.8) is 0 Å². The molecule has 0 aliphatic carbocycles. The molecule has 2 aromatic carbocycles. The molecule has 41 heavy (non-hydrogen) atoms. The largest absolute Gasteiger partial charge is 0.490 e.